The van der Waals surface area contributed by atoms with E-state index in [1.54, 1.807) is 0 Å². The molecule has 0 heterocycles. The number of rotatable bonds is 2. The minimum Gasteiger partial charge on any atom is -0.318 e. The highest BCUT2D eigenvalue weighted by molar-refractivity contribution is 5.73. The lowest BCUT2D eigenvalue weighted by molar-refractivity contribution is -0.127. The van der Waals surface area contributed by atoms with E-state index in [0.717, 1.165) is 0 Å². The molecule has 10 heavy (non-hydrogen) atoms. The standard InChI is InChI=1S/C7H8N2O/c1-3-5-9(6-4-8)7(2)10/h1H,5-6H2,2H3. The average Bonchev–Trinajstić information content (AvgIpc) is 1.87. The fourth-order valence-electron chi connectivity index (χ4n) is 0.474. The Bertz CT molecular complexity index is 181. The van der Waals surface area contributed by atoms with Gasteiger partial charge in [-0.15, -0.1) is 6.42 Å². The molecule has 0 aromatic rings. The summed E-state index contributed by atoms with van der Waals surface area (Å²) in [6, 6.07) is 1.84. The third-order valence-corrected chi connectivity index (χ3v) is 0.989. The van der Waals surface area contributed by atoms with Crippen LogP contribution in [0.5, 0.6) is 0 Å². The van der Waals surface area contributed by atoms with Gasteiger partial charge in [0.2, 0.25) is 5.91 Å². The molecular formula is C7H8N2O. The smallest absolute Gasteiger partial charge is 0.221 e. The highest BCUT2D eigenvalue weighted by atomic mass is 16.2. The fraction of sp³-hybridized carbons (Fsp3) is 0.429. The van der Waals surface area contributed by atoms with Crippen molar-refractivity contribution in [2.75, 3.05) is 13.1 Å². The van der Waals surface area contributed by atoms with Crippen molar-refractivity contribution in [1.29, 1.82) is 5.26 Å². The topological polar surface area (TPSA) is 44.1 Å². The molecule has 0 fully saturated rings. The molecule has 0 bridgehead atoms. The summed E-state index contributed by atoms with van der Waals surface area (Å²) in [5.74, 6) is 2.12. The highest BCUT2D eigenvalue weighted by Crippen LogP contribution is 1.85. The van der Waals surface area contributed by atoms with Gasteiger partial charge in [-0.2, -0.15) is 5.26 Å². The van der Waals surface area contributed by atoms with Gasteiger partial charge >= 0.3 is 0 Å². The molecule has 3 nitrogen and oxygen atoms in total. The molecule has 0 aliphatic rings. The Balaban J connectivity index is 3.90. The average molecular weight is 136 g/mol. The maximum absolute atomic E-state index is 10.6. The molecule has 0 unspecified atom stereocenters. The van der Waals surface area contributed by atoms with Crippen LogP contribution < -0.4 is 0 Å². The predicted molar refractivity (Wildman–Crippen MR) is 36.7 cm³/mol. The van der Waals surface area contributed by atoms with Crippen LogP contribution in [-0.4, -0.2) is 23.9 Å². The van der Waals surface area contributed by atoms with Crippen LogP contribution in [0, 0.1) is 23.7 Å². The minimum atomic E-state index is -0.167. The number of hydrogen-bond donors (Lipinski definition) is 0. The van der Waals surface area contributed by atoms with Gasteiger partial charge in [-0.05, 0) is 0 Å². The van der Waals surface area contributed by atoms with Gasteiger partial charge < -0.3 is 4.90 Å². The number of nitrogens with zero attached hydrogens (tertiary/aromatic N) is 2. The molecule has 1 amide bonds. The molecule has 0 aliphatic heterocycles. The molecular weight excluding hydrogens is 128 g/mol. The number of carbonyl (C=O) groups is 1. The second-order valence-corrected chi connectivity index (χ2v) is 1.74. The lowest BCUT2D eigenvalue weighted by Gasteiger charge is -2.12. The molecule has 3 heteroatoms. The van der Waals surface area contributed by atoms with Gasteiger partial charge in [0, 0.05) is 6.92 Å². The Morgan fingerprint density at radius 3 is 2.60 bits per heavy atom. The van der Waals surface area contributed by atoms with Crippen molar-refractivity contribution < 1.29 is 4.79 Å². The third kappa shape index (κ3) is 2.74. The molecule has 0 saturated heterocycles. The Morgan fingerprint density at radius 2 is 2.30 bits per heavy atom. The first-order valence-corrected chi connectivity index (χ1v) is 2.78. The Hall–Kier alpha value is -1.48. The molecule has 0 saturated carbocycles. The third-order valence-electron chi connectivity index (χ3n) is 0.989. The first-order chi connectivity index (χ1) is 4.72. The van der Waals surface area contributed by atoms with Crippen LogP contribution >= 0.6 is 0 Å². The summed E-state index contributed by atoms with van der Waals surface area (Å²) in [6.07, 6.45) is 4.94. The molecule has 0 atom stereocenters. The second kappa shape index (κ2) is 4.40. The van der Waals surface area contributed by atoms with Crippen molar-refractivity contribution in [2.24, 2.45) is 0 Å². The highest BCUT2D eigenvalue weighted by Gasteiger charge is 2.03. The van der Waals surface area contributed by atoms with Crippen molar-refractivity contribution in [3.8, 4) is 18.4 Å². The van der Waals surface area contributed by atoms with Crippen molar-refractivity contribution in [3.05, 3.63) is 0 Å². The second-order valence-electron chi connectivity index (χ2n) is 1.74. The van der Waals surface area contributed by atoms with E-state index in [1.165, 1.54) is 11.8 Å². The lowest BCUT2D eigenvalue weighted by Crippen LogP contribution is -2.29. The van der Waals surface area contributed by atoms with Crippen LogP contribution in [0.2, 0.25) is 0 Å². The molecule has 0 N–H and O–H groups in total. The number of carbonyl (C=O) groups excluding carboxylic acids is 1. The normalized spacial score (nSPS) is 7.50. The zero-order chi connectivity index (χ0) is 7.98. The van der Waals surface area contributed by atoms with Crippen LogP contribution in [0.15, 0.2) is 0 Å². The summed E-state index contributed by atoms with van der Waals surface area (Å²) in [7, 11) is 0. The molecule has 0 rings (SSSR count). The predicted octanol–water partition coefficient (Wildman–Crippen LogP) is -0.00832. The number of nitriles is 1. The molecule has 0 aliphatic carbocycles. The molecule has 0 aromatic heterocycles. The van der Waals surface area contributed by atoms with Crippen molar-refractivity contribution in [3.63, 3.8) is 0 Å². The van der Waals surface area contributed by atoms with Gasteiger partial charge in [-0.3, -0.25) is 4.79 Å². The van der Waals surface area contributed by atoms with E-state index in [-0.39, 0.29) is 19.0 Å². The van der Waals surface area contributed by atoms with Gasteiger partial charge in [-0.25, -0.2) is 0 Å². The van der Waals surface area contributed by atoms with E-state index in [2.05, 4.69) is 5.92 Å². The Morgan fingerprint density at radius 1 is 1.70 bits per heavy atom. The van der Waals surface area contributed by atoms with Gasteiger partial charge in [0.1, 0.15) is 6.54 Å². The molecule has 0 spiro atoms. The Kier molecular flexibility index (Phi) is 3.75. The lowest BCUT2D eigenvalue weighted by atomic mass is 10.5. The van der Waals surface area contributed by atoms with E-state index in [0.29, 0.717) is 0 Å². The maximum Gasteiger partial charge on any atom is 0.221 e. The van der Waals surface area contributed by atoms with E-state index < -0.39 is 0 Å². The summed E-state index contributed by atoms with van der Waals surface area (Å²) in [6.45, 7) is 1.66. The van der Waals surface area contributed by atoms with Crippen molar-refractivity contribution in [2.45, 2.75) is 6.92 Å². The number of hydrogen-bond acceptors (Lipinski definition) is 2. The largest absolute Gasteiger partial charge is 0.318 e. The quantitative estimate of drug-likeness (QED) is 0.396. The van der Waals surface area contributed by atoms with Crippen LogP contribution in [0.4, 0.5) is 0 Å². The van der Waals surface area contributed by atoms with Crippen LogP contribution in [-0.2, 0) is 4.79 Å². The first kappa shape index (κ1) is 8.52. The summed E-state index contributed by atoms with van der Waals surface area (Å²) >= 11 is 0. The number of terminal acetylenes is 1. The van der Waals surface area contributed by atoms with Crippen LogP contribution in [0.25, 0.3) is 0 Å². The number of amides is 1. The van der Waals surface area contributed by atoms with Gasteiger partial charge in [-0.1, -0.05) is 5.92 Å². The van der Waals surface area contributed by atoms with Crippen LogP contribution in [0.1, 0.15) is 6.92 Å². The zero-order valence-corrected chi connectivity index (χ0v) is 5.79. The fourth-order valence-corrected chi connectivity index (χ4v) is 0.474. The van der Waals surface area contributed by atoms with Gasteiger partial charge in [0.25, 0.3) is 0 Å². The van der Waals surface area contributed by atoms with Crippen LogP contribution in [0.3, 0.4) is 0 Å². The first-order valence-electron chi connectivity index (χ1n) is 2.78. The molecule has 52 valence electrons. The SMILES string of the molecule is C#CCN(CC#N)C(C)=O. The van der Waals surface area contributed by atoms with Gasteiger partial charge in [0.05, 0.1) is 12.6 Å². The van der Waals surface area contributed by atoms with E-state index >= 15 is 0 Å². The summed E-state index contributed by atoms with van der Waals surface area (Å²) in [4.78, 5) is 11.9. The monoisotopic (exact) mass is 136 g/mol. The summed E-state index contributed by atoms with van der Waals surface area (Å²) < 4.78 is 0. The van der Waals surface area contributed by atoms with E-state index in [1.807, 2.05) is 6.07 Å². The van der Waals surface area contributed by atoms with Gasteiger partial charge in [0.15, 0.2) is 0 Å². The maximum atomic E-state index is 10.6. The zero-order valence-electron chi connectivity index (χ0n) is 5.79. The molecule has 0 aromatic carbocycles. The molecule has 0 radical (unpaired) electrons. The van der Waals surface area contributed by atoms with E-state index in [4.69, 9.17) is 11.7 Å². The Labute approximate surface area is 60.2 Å². The summed E-state index contributed by atoms with van der Waals surface area (Å²) in [5.41, 5.74) is 0. The minimum absolute atomic E-state index is 0.0690. The van der Waals surface area contributed by atoms with Crippen molar-refractivity contribution in [1.82, 2.24) is 4.90 Å². The summed E-state index contributed by atoms with van der Waals surface area (Å²) in [5, 5.41) is 8.20. The van der Waals surface area contributed by atoms with Crippen molar-refractivity contribution >= 4 is 5.91 Å². The van der Waals surface area contributed by atoms with E-state index in [9.17, 15) is 4.79 Å².